The van der Waals surface area contributed by atoms with Crippen molar-refractivity contribution >= 4 is 36.0 Å². The Morgan fingerprint density at radius 3 is 2.00 bits per heavy atom. The Kier molecular flexibility index (Phi) is 6.11. The Labute approximate surface area is 175 Å². The summed E-state index contributed by atoms with van der Waals surface area (Å²) in [6, 6.07) is 14.2. The summed E-state index contributed by atoms with van der Waals surface area (Å²) in [7, 11) is -7.61. The molecule has 9 heteroatoms. The van der Waals surface area contributed by atoms with Crippen molar-refractivity contribution in [1.29, 1.82) is 0 Å². The summed E-state index contributed by atoms with van der Waals surface area (Å²) in [6.07, 6.45) is 0. The minimum absolute atomic E-state index is 0.0761. The van der Waals surface area contributed by atoms with Gasteiger partial charge in [-0.2, -0.15) is 0 Å². The average Bonchev–Trinajstić information content (AvgIpc) is 3.14. The van der Waals surface area contributed by atoms with Gasteiger partial charge in [0.2, 0.25) is 24.0 Å². The van der Waals surface area contributed by atoms with E-state index in [1.54, 1.807) is 12.1 Å². The van der Waals surface area contributed by atoms with Crippen molar-refractivity contribution in [3.8, 4) is 0 Å². The highest BCUT2D eigenvalue weighted by Gasteiger charge is 2.29. The van der Waals surface area contributed by atoms with Gasteiger partial charge in [-0.25, -0.2) is 21.8 Å². The van der Waals surface area contributed by atoms with Gasteiger partial charge in [0, 0.05) is 6.54 Å². The minimum atomic E-state index is -3.97. The average molecular weight is 451 g/mol. The van der Waals surface area contributed by atoms with Crippen molar-refractivity contribution in [3.63, 3.8) is 0 Å². The molecule has 0 bridgehead atoms. The van der Waals surface area contributed by atoms with Gasteiger partial charge in [-0.3, -0.25) is 0 Å². The lowest BCUT2D eigenvalue weighted by atomic mass is 10.1. The van der Waals surface area contributed by atoms with Crippen LogP contribution in [-0.4, -0.2) is 27.6 Å². The third kappa shape index (κ3) is 4.68. The molecule has 1 aromatic heterocycles. The first-order valence-electron chi connectivity index (χ1n) is 8.98. The molecule has 0 spiro atoms. The van der Waals surface area contributed by atoms with E-state index in [2.05, 4.69) is 10.3 Å². The number of nitrogens with one attached hydrogen (secondary N) is 1. The molecule has 0 radical (unpaired) electrons. The predicted octanol–water partition coefficient (Wildman–Crippen LogP) is 4.00. The van der Waals surface area contributed by atoms with Crippen LogP contribution in [0.25, 0.3) is 0 Å². The Bertz CT molecular complexity index is 1210. The highest BCUT2D eigenvalue weighted by atomic mass is 32.2. The van der Waals surface area contributed by atoms with E-state index in [1.807, 2.05) is 38.1 Å². The van der Waals surface area contributed by atoms with Crippen molar-refractivity contribution in [2.75, 3.05) is 11.1 Å². The smallest absolute Gasteiger partial charge is 0.226 e. The minimum Gasteiger partial charge on any atom is -0.370 e. The van der Waals surface area contributed by atoms with Gasteiger partial charge in [-0.15, -0.1) is 0 Å². The zero-order valence-corrected chi connectivity index (χ0v) is 18.8. The van der Waals surface area contributed by atoms with Crippen molar-refractivity contribution in [2.24, 2.45) is 0 Å². The molecule has 0 unspecified atom stereocenters. The molecule has 0 saturated heterocycles. The standard InChI is InChI=1S/C20H22N2O4S3/c1-4-28(23,24)20-22-19(29(25,26)17-11-7-15(3)8-12-17)18(27-20)21-13-16-9-5-14(2)6-10-16/h5-12,21H,4,13H2,1-3H3. The van der Waals surface area contributed by atoms with E-state index >= 15 is 0 Å². The molecule has 0 amide bonds. The van der Waals surface area contributed by atoms with E-state index in [-0.39, 0.29) is 25.0 Å². The molecule has 3 aromatic rings. The lowest BCUT2D eigenvalue weighted by molar-refractivity contribution is 0.590. The monoisotopic (exact) mass is 450 g/mol. The van der Waals surface area contributed by atoms with Crippen LogP contribution in [-0.2, 0) is 26.2 Å². The summed E-state index contributed by atoms with van der Waals surface area (Å²) in [6.45, 7) is 5.70. The van der Waals surface area contributed by atoms with E-state index < -0.39 is 19.7 Å². The van der Waals surface area contributed by atoms with E-state index in [9.17, 15) is 16.8 Å². The Morgan fingerprint density at radius 1 is 0.897 bits per heavy atom. The van der Waals surface area contributed by atoms with E-state index in [0.717, 1.165) is 28.0 Å². The normalized spacial score (nSPS) is 12.1. The third-order valence-electron chi connectivity index (χ3n) is 4.38. The Morgan fingerprint density at radius 2 is 1.45 bits per heavy atom. The van der Waals surface area contributed by atoms with Gasteiger partial charge in [0.05, 0.1) is 10.6 Å². The summed E-state index contributed by atoms with van der Waals surface area (Å²) >= 11 is 0.849. The SMILES string of the molecule is CCS(=O)(=O)c1nc(S(=O)(=O)c2ccc(C)cc2)c(NCc2ccc(C)cc2)s1. The number of nitrogens with zero attached hydrogens (tertiary/aromatic N) is 1. The molecule has 0 atom stereocenters. The Hall–Kier alpha value is -2.23. The number of benzene rings is 2. The summed E-state index contributed by atoms with van der Waals surface area (Å²) in [5.74, 6) is -0.151. The number of aromatic nitrogens is 1. The zero-order chi connectivity index (χ0) is 21.2. The summed E-state index contributed by atoms with van der Waals surface area (Å²) in [4.78, 5) is 4.11. The maximum Gasteiger partial charge on any atom is 0.226 e. The van der Waals surface area contributed by atoms with Crippen LogP contribution in [0.5, 0.6) is 0 Å². The van der Waals surface area contributed by atoms with Crippen LogP contribution in [0.1, 0.15) is 23.6 Å². The van der Waals surface area contributed by atoms with Gasteiger partial charge in [0.1, 0.15) is 5.00 Å². The van der Waals surface area contributed by atoms with Crippen molar-refractivity contribution in [1.82, 2.24) is 4.98 Å². The summed E-state index contributed by atoms with van der Waals surface area (Å²) < 4.78 is 50.7. The number of rotatable bonds is 7. The molecule has 154 valence electrons. The molecular weight excluding hydrogens is 428 g/mol. The van der Waals surface area contributed by atoms with E-state index in [1.165, 1.54) is 19.1 Å². The number of sulfone groups is 2. The highest BCUT2D eigenvalue weighted by molar-refractivity contribution is 7.94. The van der Waals surface area contributed by atoms with Gasteiger partial charge >= 0.3 is 0 Å². The fourth-order valence-corrected chi connectivity index (χ4v) is 6.55. The van der Waals surface area contributed by atoms with Crippen LogP contribution in [0.2, 0.25) is 0 Å². The maximum atomic E-state index is 13.2. The lowest BCUT2D eigenvalue weighted by Crippen LogP contribution is -2.08. The molecule has 1 heterocycles. The van der Waals surface area contributed by atoms with Crippen LogP contribution >= 0.6 is 11.3 Å². The largest absolute Gasteiger partial charge is 0.370 e. The number of hydrogen-bond acceptors (Lipinski definition) is 7. The number of thiazole rings is 1. The molecule has 2 aromatic carbocycles. The number of anilines is 1. The molecule has 1 N–H and O–H groups in total. The van der Waals surface area contributed by atoms with Crippen LogP contribution in [0.15, 0.2) is 62.8 Å². The van der Waals surface area contributed by atoms with E-state index in [0.29, 0.717) is 6.54 Å². The zero-order valence-electron chi connectivity index (χ0n) is 16.3. The number of hydrogen-bond donors (Lipinski definition) is 1. The molecule has 0 fully saturated rings. The van der Waals surface area contributed by atoms with Crippen LogP contribution < -0.4 is 5.32 Å². The number of aryl methyl sites for hydroxylation is 2. The van der Waals surface area contributed by atoms with Crippen molar-refractivity contribution in [3.05, 3.63) is 65.2 Å². The molecule has 6 nitrogen and oxygen atoms in total. The van der Waals surface area contributed by atoms with Crippen molar-refractivity contribution < 1.29 is 16.8 Å². The van der Waals surface area contributed by atoms with Gasteiger partial charge in [-0.1, -0.05) is 65.8 Å². The fraction of sp³-hybridized carbons (Fsp3) is 0.250. The van der Waals surface area contributed by atoms with E-state index in [4.69, 9.17) is 0 Å². The fourth-order valence-electron chi connectivity index (χ4n) is 2.56. The lowest BCUT2D eigenvalue weighted by Gasteiger charge is -2.08. The molecule has 0 aliphatic rings. The topological polar surface area (TPSA) is 93.2 Å². The van der Waals surface area contributed by atoms with Crippen molar-refractivity contribution in [2.45, 2.75) is 41.6 Å². The molecule has 29 heavy (non-hydrogen) atoms. The molecular formula is C20H22N2O4S3. The second kappa shape index (κ2) is 8.25. The van der Waals surface area contributed by atoms with Crippen LogP contribution in [0.3, 0.4) is 0 Å². The predicted molar refractivity (Wildman–Crippen MR) is 115 cm³/mol. The van der Waals surface area contributed by atoms with Gasteiger partial charge < -0.3 is 5.32 Å². The molecule has 0 aliphatic carbocycles. The van der Waals surface area contributed by atoms with Crippen LogP contribution in [0.4, 0.5) is 5.00 Å². The highest BCUT2D eigenvalue weighted by Crippen LogP contribution is 2.35. The van der Waals surface area contributed by atoms with Gasteiger partial charge in [0.25, 0.3) is 0 Å². The third-order valence-corrected chi connectivity index (χ3v) is 9.41. The maximum absolute atomic E-state index is 13.2. The molecule has 3 rings (SSSR count). The summed E-state index contributed by atoms with van der Waals surface area (Å²) in [5, 5.41) is 3.03. The quantitative estimate of drug-likeness (QED) is 0.585. The van der Waals surface area contributed by atoms with Crippen LogP contribution in [0, 0.1) is 13.8 Å². The summed E-state index contributed by atoms with van der Waals surface area (Å²) in [5.41, 5.74) is 2.99. The first-order chi connectivity index (χ1) is 13.6. The second-order valence-corrected chi connectivity index (χ2v) is 12.0. The second-order valence-electron chi connectivity index (χ2n) is 6.67. The molecule has 0 saturated carbocycles. The first kappa shape index (κ1) is 21.5. The first-order valence-corrected chi connectivity index (χ1v) is 12.9. The molecule has 0 aliphatic heterocycles. The Balaban J connectivity index is 2.04. The van der Waals surface area contributed by atoms with Gasteiger partial charge in [0.15, 0.2) is 5.03 Å². The van der Waals surface area contributed by atoms with Gasteiger partial charge in [-0.05, 0) is 31.5 Å².